The third-order valence-electron chi connectivity index (χ3n) is 1.24. The van der Waals surface area contributed by atoms with Crippen LogP contribution in [-0.4, -0.2) is 18.5 Å². The molecule has 0 bridgehead atoms. The van der Waals surface area contributed by atoms with E-state index in [-0.39, 0.29) is 0 Å². The van der Waals surface area contributed by atoms with Crippen molar-refractivity contribution in [3.8, 4) is 0 Å². The van der Waals surface area contributed by atoms with E-state index in [1.54, 1.807) is 0 Å². The van der Waals surface area contributed by atoms with E-state index in [0.717, 1.165) is 0 Å². The summed E-state index contributed by atoms with van der Waals surface area (Å²) in [5, 5.41) is 0. The summed E-state index contributed by atoms with van der Waals surface area (Å²) in [6, 6.07) is 0. The predicted molar refractivity (Wildman–Crippen MR) is 49.2 cm³/mol. The Balaban J connectivity index is -0.000000320. The molecule has 0 N–H and O–H groups in total. The minimum Gasteiger partial charge on any atom is -0.196 e. The van der Waals surface area contributed by atoms with E-state index < -0.39 is 54.3 Å². The van der Waals surface area contributed by atoms with Gasteiger partial charge in [0.2, 0.25) is 0 Å². The van der Waals surface area contributed by atoms with Crippen LogP contribution in [0.5, 0.6) is 0 Å². The second-order valence-corrected chi connectivity index (χ2v) is 3.22. The average molecular weight is 450 g/mol. The fourth-order valence-corrected chi connectivity index (χ4v) is 0.321. The third kappa shape index (κ3) is 14.8. The molecule has 0 aliphatic carbocycles. The fourth-order valence-electron chi connectivity index (χ4n) is 0.321. The minimum absolute atomic E-state index is 3.33. The van der Waals surface area contributed by atoms with E-state index in [2.05, 4.69) is 0 Å². The Hall–Kier alpha value is -2.04. The molecule has 0 amide bonds. The van der Waals surface area contributed by atoms with Crippen molar-refractivity contribution in [1.29, 1.82) is 0 Å². The zero-order valence-corrected chi connectivity index (χ0v) is 11.3. The molecule has 0 aliphatic rings. The van der Waals surface area contributed by atoms with Crippen molar-refractivity contribution in [1.82, 2.24) is 0 Å². The van der Waals surface area contributed by atoms with Gasteiger partial charge in [-0.05, 0) is 0 Å². The second-order valence-electron chi connectivity index (χ2n) is 3.22. The molecule has 27 heavy (non-hydrogen) atoms. The van der Waals surface area contributed by atoms with Crippen LogP contribution < -0.4 is 0 Å². The number of halogens is 18. The quantitative estimate of drug-likeness (QED) is 0.330. The summed E-state index contributed by atoms with van der Waals surface area (Å²) in [5.74, 6) is -9.99. The molecule has 0 heterocycles. The van der Waals surface area contributed by atoms with Gasteiger partial charge in [-0.25, -0.2) is 0 Å². The molecule has 0 aromatic heterocycles. The highest BCUT2D eigenvalue weighted by Crippen LogP contribution is 2.31. The van der Waals surface area contributed by atoms with E-state index in [9.17, 15) is 79.0 Å². The summed E-state index contributed by atoms with van der Waals surface area (Å²) in [6.45, 7) is 0. The standard InChI is InChI=1S/3C3F6/c3*4-1(2(5)6)3(7,8)9. The number of alkyl halides is 9. The molecule has 0 aliphatic heterocycles. The van der Waals surface area contributed by atoms with Gasteiger partial charge in [0.1, 0.15) is 0 Å². The summed E-state index contributed by atoms with van der Waals surface area (Å²) < 4.78 is 194. The van der Waals surface area contributed by atoms with Gasteiger partial charge in [-0.3, -0.25) is 0 Å². The van der Waals surface area contributed by atoms with Gasteiger partial charge in [0.15, 0.2) is 0 Å². The van der Waals surface area contributed by atoms with Gasteiger partial charge >= 0.3 is 36.8 Å². The van der Waals surface area contributed by atoms with Crippen LogP contribution in [0.3, 0.4) is 0 Å². The van der Waals surface area contributed by atoms with Crippen molar-refractivity contribution in [2.75, 3.05) is 0 Å². The lowest BCUT2D eigenvalue weighted by Crippen LogP contribution is -2.08. The molecule has 0 atom stereocenters. The zero-order chi connectivity index (χ0) is 23.0. The molecule has 0 rings (SSSR count). The van der Waals surface area contributed by atoms with Gasteiger partial charge in [0.25, 0.3) is 17.5 Å². The highest BCUT2D eigenvalue weighted by Gasteiger charge is 2.40. The molecular formula is C9F18. The maximum Gasteiger partial charge on any atom is 0.448 e. The zero-order valence-electron chi connectivity index (χ0n) is 11.3. The molecule has 0 fully saturated rings. The topological polar surface area (TPSA) is 0 Å². The third-order valence-corrected chi connectivity index (χ3v) is 1.24. The molecule has 0 saturated heterocycles. The normalized spacial score (nSPS) is 11.3. The number of hydrogen-bond donors (Lipinski definition) is 0. The molecular weight excluding hydrogens is 450 g/mol. The van der Waals surface area contributed by atoms with Crippen LogP contribution in [0, 0.1) is 0 Å². The first-order valence-corrected chi connectivity index (χ1v) is 4.90. The van der Waals surface area contributed by atoms with E-state index >= 15 is 0 Å². The maximum absolute atomic E-state index is 11.0. The Kier molecular flexibility index (Phi) is 12.1. The first-order chi connectivity index (χ1) is 11.6. The minimum atomic E-state index is -5.56. The largest absolute Gasteiger partial charge is 0.448 e. The van der Waals surface area contributed by atoms with Crippen molar-refractivity contribution < 1.29 is 79.0 Å². The summed E-state index contributed by atoms with van der Waals surface area (Å²) in [5.41, 5.74) is 0. The van der Waals surface area contributed by atoms with Gasteiger partial charge in [-0.15, -0.1) is 0 Å². The van der Waals surface area contributed by atoms with E-state index in [1.165, 1.54) is 0 Å². The summed E-state index contributed by atoms with van der Waals surface area (Å²) in [6.07, 6.45) is -26.7. The van der Waals surface area contributed by atoms with Crippen molar-refractivity contribution in [3.63, 3.8) is 0 Å². The summed E-state index contributed by atoms with van der Waals surface area (Å²) in [4.78, 5) is 0. The maximum atomic E-state index is 11.0. The van der Waals surface area contributed by atoms with Gasteiger partial charge in [0.05, 0.1) is 0 Å². The molecule has 18 heteroatoms. The van der Waals surface area contributed by atoms with Crippen molar-refractivity contribution >= 4 is 0 Å². The first kappa shape index (κ1) is 29.7. The highest BCUT2D eigenvalue weighted by molar-refractivity contribution is 4.99. The van der Waals surface area contributed by atoms with E-state index in [4.69, 9.17) is 0 Å². The van der Waals surface area contributed by atoms with Crippen LogP contribution in [-0.2, 0) is 0 Å². The Labute approximate surface area is 135 Å². The summed E-state index contributed by atoms with van der Waals surface area (Å²) in [7, 11) is 0. The highest BCUT2D eigenvalue weighted by atomic mass is 19.4. The Morgan fingerprint density at radius 3 is 0.407 bits per heavy atom. The Bertz CT molecular complexity index is 458. The van der Waals surface area contributed by atoms with E-state index in [0.29, 0.717) is 0 Å². The van der Waals surface area contributed by atoms with Crippen LogP contribution >= 0.6 is 0 Å². The van der Waals surface area contributed by atoms with Gasteiger partial charge in [-0.1, -0.05) is 0 Å². The van der Waals surface area contributed by atoms with Crippen LogP contribution in [0.4, 0.5) is 79.0 Å². The predicted octanol–water partition coefficient (Wildman–Crippen LogP) is 7.88. The Morgan fingerprint density at radius 2 is 0.407 bits per heavy atom. The lowest BCUT2D eigenvalue weighted by molar-refractivity contribution is -0.113. The van der Waals surface area contributed by atoms with Crippen molar-refractivity contribution in [3.05, 3.63) is 35.7 Å². The number of rotatable bonds is 0. The SMILES string of the molecule is FC(F)=C(F)C(F)(F)F.FC(F)=C(F)C(F)(F)F.FC(F)=C(F)C(F)(F)F. The van der Waals surface area contributed by atoms with Crippen LogP contribution in [0.25, 0.3) is 0 Å². The average Bonchev–Trinajstić information content (AvgIpc) is 2.42. The van der Waals surface area contributed by atoms with Crippen molar-refractivity contribution in [2.24, 2.45) is 0 Å². The lowest BCUT2D eigenvalue weighted by atomic mass is 10.6. The summed E-state index contributed by atoms with van der Waals surface area (Å²) >= 11 is 0. The first-order valence-electron chi connectivity index (χ1n) is 4.90. The van der Waals surface area contributed by atoms with Gasteiger partial charge in [0, 0.05) is 0 Å². The molecule has 0 spiro atoms. The molecule has 0 unspecified atom stereocenters. The van der Waals surface area contributed by atoms with E-state index in [1.807, 2.05) is 0 Å². The molecule has 0 saturated carbocycles. The molecule has 0 aromatic carbocycles. The number of hydrogen-bond acceptors (Lipinski definition) is 0. The van der Waals surface area contributed by atoms with Gasteiger partial charge in [-0.2, -0.15) is 79.0 Å². The smallest absolute Gasteiger partial charge is 0.196 e. The lowest BCUT2D eigenvalue weighted by Gasteiger charge is -1.98. The van der Waals surface area contributed by atoms with Crippen LogP contribution in [0.15, 0.2) is 35.7 Å². The second kappa shape index (κ2) is 11.0. The fraction of sp³-hybridized carbons (Fsp3) is 0.333. The molecule has 0 aromatic rings. The van der Waals surface area contributed by atoms with Crippen molar-refractivity contribution in [2.45, 2.75) is 18.5 Å². The Morgan fingerprint density at radius 1 is 0.296 bits per heavy atom. The molecule has 0 radical (unpaired) electrons. The monoisotopic (exact) mass is 450 g/mol. The molecule has 0 nitrogen and oxygen atoms in total. The van der Waals surface area contributed by atoms with Crippen LogP contribution in [0.1, 0.15) is 0 Å². The van der Waals surface area contributed by atoms with Crippen LogP contribution in [0.2, 0.25) is 0 Å². The molecule has 162 valence electrons. The van der Waals surface area contributed by atoms with Gasteiger partial charge < -0.3 is 0 Å². The number of allylic oxidation sites excluding steroid dienone is 3.